The minimum Gasteiger partial charge on any atom is -0.340 e. The van der Waals surface area contributed by atoms with Crippen molar-refractivity contribution in [2.45, 2.75) is 6.92 Å². The highest BCUT2D eigenvalue weighted by molar-refractivity contribution is 6.04. The van der Waals surface area contributed by atoms with Crippen LogP contribution in [0, 0.1) is 11.6 Å². The van der Waals surface area contributed by atoms with E-state index in [-0.39, 0.29) is 17.2 Å². The molecule has 0 aliphatic rings. The largest absolute Gasteiger partial charge is 0.340 e. The van der Waals surface area contributed by atoms with Crippen LogP contribution >= 0.6 is 0 Å². The van der Waals surface area contributed by atoms with Crippen molar-refractivity contribution in [2.24, 2.45) is 0 Å². The summed E-state index contributed by atoms with van der Waals surface area (Å²) in [6.07, 6.45) is 1.34. The van der Waals surface area contributed by atoms with Gasteiger partial charge in [0.15, 0.2) is 0 Å². The molecule has 0 aliphatic carbocycles. The minimum atomic E-state index is -0.859. The molecular formula is C20H16F2N4O2. The Morgan fingerprint density at radius 1 is 0.893 bits per heavy atom. The average Bonchev–Trinajstić information content (AvgIpc) is 2.66. The summed E-state index contributed by atoms with van der Waals surface area (Å²) in [6.45, 7) is 1.43. The van der Waals surface area contributed by atoms with Gasteiger partial charge in [0.25, 0.3) is 5.91 Å². The number of carbonyl (C=O) groups excluding carboxylic acids is 2. The summed E-state index contributed by atoms with van der Waals surface area (Å²) < 4.78 is 26.5. The van der Waals surface area contributed by atoms with E-state index in [9.17, 15) is 18.4 Å². The van der Waals surface area contributed by atoms with Crippen LogP contribution in [0.2, 0.25) is 0 Å². The average molecular weight is 382 g/mol. The number of carbonyl (C=O) groups is 2. The second kappa shape index (κ2) is 8.26. The number of hydrogen-bond acceptors (Lipinski definition) is 4. The molecule has 142 valence electrons. The summed E-state index contributed by atoms with van der Waals surface area (Å²) in [7, 11) is 0. The molecule has 0 unspecified atom stereocenters. The van der Waals surface area contributed by atoms with Crippen LogP contribution in [0.15, 0.2) is 60.8 Å². The molecule has 0 fully saturated rings. The summed E-state index contributed by atoms with van der Waals surface area (Å²) in [4.78, 5) is 27.3. The first-order valence-corrected chi connectivity index (χ1v) is 8.28. The Morgan fingerprint density at radius 2 is 1.61 bits per heavy atom. The maximum Gasteiger partial charge on any atom is 0.257 e. The monoisotopic (exact) mass is 382 g/mol. The number of nitrogens with one attached hydrogen (secondary N) is 3. The number of pyridine rings is 1. The van der Waals surface area contributed by atoms with E-state index in [0.717, 1.165) is 17.8 Å². The maximum absolute atomic E-state index is 13.6. The van der Waals surface area contributed by atoms with Crippen LogP contribution in [0.4, 0.5) is 31.7 Å². The van der Waals surface area contributed by atoms with E-state index in [1.54, 1.807) is 30.3 Å². The van der Waals surface area contributed by atoms with Crippen molar-refractivity contribution in [3.05, 3.63) is 78.0 Å². The molecule has 3 rings (SSSR count). The number of anilines is 4. The van der Waals surface area contributed by atoms with Gasteiger partial charge in [-0.1, -0.05) is 0 Å². The van der Waals surface area contributed by atoms with Crippen molar-refractivity contribution < 1.29 is 18.4 Å². The van der Waals surface area contributed by atoms with Gasteiger partial charge in [-0.05, 0) is 48.5 Å². The van der Waals surface area contributed by atoms with Crippen LogP contribution in [-0.4, -0.2) is 16.8 Å². The zero-order valence-electron chi connectivity index (χ0n) is 14.8. The van der Waals surface area contributed by atoms with E-state index in [0.29, 0.717) is 17.6 Å². The first-order valence-electron chi connectivity index (χ1n) is 8.28. The molecule has 1 aromatic heterocycles. The van der Waals surface area contributed by atoms with Crippen LogP contribution < -0.4 is 16.0 Å². The van der Waals surface area contributed by atoms with E-state index in [4.69, 9.17) is 0 Å². The van der Waals surface area contributed by atoms with Crippen molar-refractivity contribution in [3.63, 3.8) is 0 Å². The molecule has 3 N–H and O–H groups in total. The Kier molecular flexibility index (Phi) is 5.59. The van der Waals surface area contributed by atoms with Gasteiger partial charge in [-0.25, -0.2) is 13.8 Å². The maximum atomic E-state index is 13.6. The van der Waals surface area contributed by atoms with E-state index in [1.165, 1.54) is 19.2 Å². The molecule has 1 heterocycles. The van der Waals surface area contributed by atoms with Crippen molar-refractivity contribution in [2.75, 3.05) is 16.0 Å². The fraction of sp³-hybridized carbons (Fsp3) is 0.0500. The van der Waals surface area contributed by atoms with E-state index < -0.39 is 17.5 Å². The number of rotatable bonds is 5. The number of hydrogen-bond donors (Lipinski definition) is 3. The molecule has 0 bridgehead atoms. The van der Waals surface area contributed by atoms with Gasteiger partial charge in [-0.15, -0.1) is 0 Å². The Balaban J connectivity index is 1.64. The van der Waals surface area contributed by atoms with Crippen molar-refractivity contribution in [1.29, 1.82) is 0 Å². The van der Waals surface area contributed by atoms with E-state index >= 15 is 0 Å². The summed E-state index contributed by atoms with van der Waals surface area (Å²) in [5, 5.41) is 8.10. The van der Waals surface area contributed by atoms with Gasteiger partial charge in [0.1, 0.15) is 17.5 Å². The lowest BCUT2D eigenvalue weighted by Gasteiger charge is -2.09. The number of benzene rings is 2. The normalized spacial score (nSPS) is 10.2. The zero-order chi connectivity index (χ0) is 20.1. The minimum absolute atomic E-state index is 0.118. The van der Waals surface area contributed by atoms with Crippen molar-refractivity contribution in [3.8, 4) is 0 Å². The molecule has 8 heteroatoms. The van der Waals surface area contributed by atoms with Crippen LogP contribution in [0.25, 0.3) is 0 Å². The second-order valence-corrected chi connectivity index (χ2v) is 5.89. The van der Waals surface area contributed by atoms with Gasteiger partial charge in [-0.2, -0.15) is 0 Å². The highest BCUT2D eigenvalue weighted by Crippen LogP contribution is 2.19. The van der Waals surface area contributed by atoms with E-state index in [1.807, 2.05) is 0 Å². The summed E-state index contributed by atoms with van der Waals surface area (Å²) >= 11 is 0. The summed E-state index contributed by atoms with van der Waals surface area (Å²) in [6, 6.07) is 13.0. The zero-order valence-corrected chi connectivity index (χ0v) is 14.8. The van der Waals surface area contributed by atoms with Crippen molar-refractivity contribution >= 4 is 34.7 Å². The highest BCUT2D eigenvalue weighted by atomic mass is 19.1. The summed E-state index contributed by atoms with van der Waals surface area (Å²) in [5.41, 5.74) is 1.52. The predicted molar refractivity (Wildman–Crippen MR) is 103 cm³/mol. The number of amides is 2. The molecule has 0 saturated heterocycles. The Bertz CT molecular complexity index is 1010. The lowest BCUT2D eigenvalue weighted by atomic mass is 10.2. The van der Waals surface area contributed by atoms with Gasteiger partial charge in [0.05, 0.1) is 11.3 Å². The SMILES string of the molecule is CC(=O)Nc1ccc(Nc2ccc(C(=O)Nc3ccc(F)cc3F)cn2)cc1. The quantitative estimate of drug-likeness (QED) is 0.614. The molecule has 0 radical (unpaired) electrons. The fourth-order valence-corrected chi connectivity index (χ4v) is 2.38. The smallest absolute Gasteiger partial charge is 0.257 e. The van der Waals surface area contributed by atoms with Crippen LogP contribution in [0.5, 0.6) is 0 Å². The third-order valence-electron chi connectivity index (χ3n) is 3.68. The highest BCUT2D eigenvalue weighted by Gasteiger charge is 2.11. The standard InChI is InChI=1S/C20H16F2N4O2/c1-12(27)24-15-4-6-16(7-5-15)25-19-9-2-13(11-23-19)20(28)26-18-8-3-14(21)10-17(18)22/h2-11H,1H3,(H,23,25)(H,24,27)(H,26,28). The third-order valence-corrected chi connectivity index (χ3v) is 3.68. The second-order valence-electron chi connectivity index (χ2n) is 5.89. The van der Waals surface area contributed by atoms with Gasteiger partial charge < -0.3 is 16.0 Å². The fourth-order valence-electron chi connectivity index (χ4n) is 2.38. The number of nitrogens with zero attached hydrogens (tertiary/aromatic N) is 1. The van der Waals surface area contributed by atoms with E-state index in [2.05, 4.69) is 20.9 Å². The third kappa shape index (κ3) is 4.88. The molecule has 3 aromatic rings. The first kappa shape index (κ1) is 19.0. The Morgan fingerprint density at radius 3 is 2.21 bits per heavy atom. The molecule has 0 saturated carbocycles. The Hall–Kier alpha value is -3.81. The van der Waals surface area contributed by atoms with Gasteiger partial charge in [0, 0.05) is 30.6 Å². The van der Waals surface area contributed by atoms with Gasteiger partial charge in [0.2, 0.25) is 5.91 Å². The molecule has 0 spiro atoms. The topological polar surface area (TPSA) is 83.1 Å². The predicted octanol–water partition coefficient (Wildman–Crippen LogP) is 4.31. The molecule has 0 atom stereocenters. The van der Waals surface area contributed by atoms with Crippen LogP contribution in [-0.2, 0) is 4.79 Å². The lowest BCUT2D eigenvalue weighted by Crippen LogP contribution is -2.13. The van der Waals surface area contributed by atoms with Crippen LogP contribution in [0.1, 0.15) is 17.3 Å². The van der Waals surface area contributed by atoms with Crippen LogP contribution in [0.3, 0.4) is 0 Å². The molecular weight excluding hydrogens is 366 g/mol. The summed E-state index contributed by atoms with van der Waals surface area (Å²) in [5.74, 6) is -1.81. The molecule has 28 heavy (non-hydrogen) atoms. The van der Waals surface area contributed by atoms with Gasteiger partial charge in [-0.3, -0.25) is 9.59 Å². The van der Waals surface area contributed by atoms with Gasteiger partial charge >= 0.3 is 0 Å². The lowest BCUT2D eigenvalue weighted by molar-refractivity contribution is -0.114. The Labute approximate surface area is 159 Å². The molecule has 6 nitrogen and oxygen atoms in total. The molecule has 0 aliphatic heterocycles. The molecule has 2 aromatic carbocycles. The number of aromatic nitrogens is 1. The molecule has 2 amide bonds. The van der Waals surface area contributed by atoms with Crippen molar-refractivity contribution in [1.82, 2.24) is 4.98 Å². The number of halogens is 2. The first-order chi connectivity index (χ1) is 13.4.